The van der Waals surface area contributed by atoms with E-state index >= 15 is 0 Å². The molecule has 0 heterocycles. The van der Waals surface area contributed by atoms with Crippen molar-refractivity contribution in [2.45, 2.75) is 4.90 Å². The van der Waals surface area contributed by atoms with Gasteiger partial charge in [-0.1, -0.05) is 18.2 Å². The maximum Gasteiger partial charge on any atom is 0.232 e. The van der Waals surface area contributed by atoms with Gasteiger partial charge in [-0.15, -0.1) is 23.4 Å². The van der Waals surface area contributed by atoms with Gasteiger partial charge in [-0.2, -0.15) is 0 Å². The predicted octanol–water partition coefficient (Wildman–Crippen LogP) is 2.48. The highest BCUT2D eigenvalue weighted by molar-refractivity contribution is 8.00. The van der Waals surface area contributed by atoms with Gasteiger partial charge in [0.15, 0.2) is 0 Å². The fourth-order valence-corrected chi connectivity index (χ4v) is 2.14. The second-order valence-corrected chi connectivity index (χ2v) is 4.53. The Bertz CT molecular complexity index is 305. The molecule has 0 N–H and O–H groups in total. The van der Waals surface area contributed by atoms with Crippen LogP contribution in [0.5, 0.6) is 0 Å². The van der Waals surface area contributed by atoms with E-state index in [1.165, 1.54) is 0 Å². The zero-order valence-electron chi connectivity index (χ0n) is 8.65. The Morgan fingerprint density at radius 2 is 2.07 bits per heavy atom. The van der Waals surface area contributed by atoms with Crippen LogP contribution in [0.3, 0.4) is 0 Å². The van der Waals surface area contributed by atoms with E-state index in [2.05, 4.69) is 0 Å². The van der Waals surface area contributed by atoms with Gasteiger partial charge in [-0.3, -0.25) is 4.79 Å². The number of alkyl halides is 1. The molecule has 82 valence electrons. The molecule has 1 rings (SSSR count). The van der Waals surface area contributed by atoms with Gasteiger partial charge in [0.1, 0.15) is 0 Å². The minimum absolute atomic E-state index is 0.115. The molecular formula is C11H14ClNOS. The molecule has 0 aliphatic rings. The van der Waals surface area contributed by atoms with Gasteiger partial charge in [0, 0.05) is 24.4 Å². The van der Waals surface area contributed by atoms with Crippen LogP contribution in [0.15, 0.2) is 35.2 Å². The van der Waals surface area contributed by atoms with Crippen molar-refractivity contribution in [2.24, 2.45) is 0 Å². The van der Waals surface area contributed by atoms with Gasteiger partial charge in [-0.05, 0) is 12.1 Å². The summed E-state index contributed by atoms with van der Waals surface area (Å²) >= 11 is 7.11. The van der Waals surface area contributed by atoms with Crippen LogP contribution in [-0.2, 0) is 4.79 Å². The predicted molar refractivity (Wildman–Crippen MR) is 65.5 cm³/mol. The number of thioether (sulfide) groups is 1. The zero-order valence-corrected chi connectivity index (χ0v) is 10.2. The Morgan fingerprint density at radius 3 is 2.67 bits per heavy atom. The third-order valence-corrected chi connectivity index (χ3v) is 3.12. The van der Waals surface area contributed by atoms with E-state index in [0.717, 1.165) is 4.90 Å². The van der Waals surface area contributed by atoms with Gasteiger partial charge < -0.3 is 4.90 Å². The molecule has 0 saturated heterocycles. The molecular weight excluding hydrogens is 230 g/mol. The largest absolute Gasteiger partial charge is 0.344 e. The summed E-state index contributed by atoms with van der Waals surface area (Å²) in [5.41, 5.74) is 0. The van der Waals surface area contributed by atoms with Crippen LogP contribution >= 0.6 is 23.4 Å². The summed E-state index contributed by atoms with van der Waals surface area (Å²) in [4.78, 5) is 14.3. The maximum absolute atomic E-state index is 11.6. The minimum Gasteiger partial charge on any atom is -0.344 e. The number of benzene rings is 1. The van der Waals surface area contributed by atoms with Crippen molar-refractivity contribution in [1.82, 2.24) is 4.90 Å². The van der Waals surface area contributed by atoms with E-state index in [9.17, 15) is 4.79 Å². The quantitative estimate of drug-likeness (QED) is 0.585. The first-order chi connectivity index (χ1) is 7.24. The monoisotopic (exact) mass is 243 g/mol. The van der Waals surface area contributed by atoms with E-state index < -0.39 is 0 Å². The lowest BCUT2D eigenvalue weighted by Crippen LogP contribution is -2.29. The summed E-state index contributed by atoms with van der Waals surface area (Å²) in [7, 11) is 1.77. The molecule has 1 amide bonds. The summed E-state index contributed by atoms with van der Waals surface area (Å²) in [6.07, 6.45) is 0. The Labute approximate surface area is 99.6 Å². The van der Waals surface area contributed by atoms with Gasteiger partial charge in [0.25, 0.3) is 0 Å². The molecule has 0 aromatic heterocycles. The van der Waals surface area contributed by atoms with Gasteiger partial charge >= 0.3 is 0 Å². The molecule has 0 saturated carbocycles. The molecule has 0 aliphatic carbocycles. The molecule has 2 nitrogen and oxygen atoms in total. The average Bonchev–Trinajstić information content (AvgIpc) is 2.27. The number of carbonyl (C=O) groups is 1. The van der Waals surface area contributed by atoms with E-state index in [1.807, 2.05) is 30.3 Å². The lowest BCUT2D eigenvalue weighted by atomic mass is 10.4. The minimum atomic E-state index is 0.115. The van der Waals surface area contributed by atoms with Crippen LogP contribution in [-0.4, -0.2) is 36.0 Å². The molecule has 1 aromatic rings. The Balaban J connectivity index is 2.34. The van der Waals surface area contributed by atoms with E-state index in [4.69, 9.17) is 11.6 Å². The molecule has 0 radical (unpaired) electrons. The van der Waals surface area contributed by atoms with Crippen molar-refractivity contribution in [3.8, 4) is 0 Å². The van der Waals surface area contributed by atoms with E-state index in [-0.39, 0.29) is 5.91 Å². The summed E-state index contributed by atoms with van der Waals surface area (Å²) < 4.78 is 0. The first-order valence-electron chi connectivity index (χ1n) is 4.72. The SMILES string of the molecule is CN(CCCl)C(=O)CSc1ccccc1. The fraction of sp³-hybridized carbons (Fsp3) is 0.364. The highest BCUT2D eigenvalue weighted by atomic mass is 35.5. The number of nitrogens with zero attached hydrogens (tertiary/aromatic N) is 1. The highest BCUT2D eigenvalue weighted by Crippen LogP contribution is 2.16. The second kappa shape index (κ2) is 6.75. The smallest absolute Gasteiger partial charge is 0.232 e. The molecule has 0 aliphatic heterocycles. The number of amides is 1. The molecule has 15 heavy (non-hydrogen) atoms. The second-order valence-electron chi connectivity index (χ2n) is 3.11. The standard InChI is InChI=1S/C11H14ClNOS/c1-13(8-7-12)11(14)9-15-10-5-3-2-4-6-10/h2-6H,7-9H2,1H3. The fourth-order valence-electron chi connectivity index (χ4n) is 1.02. The van der Waals surface area contributed by atoms with Crippen molar-refractivity contribution < 1.29 is 4.79 Å². The van der Waals surface area contributed by atoms with Gasteiger partial charge in [-0.25, -0.2) is 0 Å². The normalized spacial score (nSPS) is 10.0. The molecule has 0 spiro atoms. The topological polar surface area (TPSA) is 20.3 Å². The Morgan fingerprint density at radius 1 is 1.40 bits per heavy atom. The lowest BCUT2D eigenvalue weighted by molar-refractivity contribution is -0.126. The van der Waals surface area contributed by atoms with Crippen molar-refractivity contribution >= 4 is 29.3 Å². The van der Waals surface area contributed by atoms with E-state index in [1.54, 1.807) is 23.7 Å². The van der Waals surface area contributed by atoms with Crippen LogP contribution < -0.4 is 0 Å². The Kier molecular flexibility index (Phi) is 5.58. The van der Waals surface area contributed by atoms with Crippen molar-refractivity contribution in [3.63, 3.8) is 0 Å². The Hall–Kier alpha value is -0.670. The van der Waals surface area contributed by atoms with Crippen molar-refractivity contribution in [1.29, 1.82) is 0 Å². The third kappa shape index (κ3) is 4.58. The molecule has 0 fully saturated rings. The lowest BCUT2D eigenvalue weighted by Gasteiger charge is -2.14. The zero-order chi connectivity index (χ0) is 11.1. The summed E-state index contributed by atoms with van der Waals surface area (Å²) in [5.74, 6) is 1.07. The maximum atomic E-state index is 11.6. The number of carbonyl (C=O) groups excluding carboxylic acids is 1. The van der Waals surface area contributed by atoms with E-state index in [0.29, 0.717) is 18.2 Å². The van der Waals surface area contributed by atoms with Gasteiger partial charge in [0.2, 0.25) is 5.91 Å². The number of rotatable bonds is 5. The molecule has 0 bridgehead atoms. The van der Waals surface area contributed by atoms with Crippen LogP contribution in [0.4, 0.5) is 0 Å². The third-order valence-electron chi connectivity index (χ3n) is 1.95. The van der Waals surface area contributed by atoms with Gasteiger partial charge in [0.05, 0.1) is 5.75 Å². The molecule has 4 heteroatoms. The summed E-state index contributed by atoms with van der Waals surface area (Å²) in [6.45, 7) is 0.607. The van der Waals surface area contributed by atoms with Crippen molar-refractivity contribution in [3.05, 3.63) is 30.3 Å². The van der Waals surface area contributed by atoms with Crippen LogP contribution in [0.2, 0.25) is 0 Å². The van der Waals surface area contributed by atoms with Crippen LogP contribution in [0.25, 0.3) is 0 Å². The van der Waals surface area contributed by atoms with Crippen molar-refractivity contribution in [2.75, 3.05) is 25.2 Å². The van der Waals surface area contributed by atoms with Crippen LogP contribution in [0, 0.1) is 0 Å². The number of hydrogen-bond acceptors (Lipinski definition) is 2. The first kappa shape index (κ1) is 12.4. The number of hydrogen-bond donors (Lipinski definition) is 0. The molecule has 0 atom stereocenters. The summed E-state index contributed by atoms with van der Waals surface area (Å²) in [5, 5.41) is 0. The first-order valence-corrected chi connectivity index (χ1v) is 6.24. The number of halogens is 1. The average molecular weight is 244 g/mol. The van der Waals surface area contributed by atoms with Crippen LogP contribution in [0.1, 0.15) is 0 Å². The highest BCUT2D eigenvalue weighted by Gasteiger charge is 2.07. The molecule has 1 aromatic carbocycles. The molecule has 0 unspecified atom stereocenters. The summed E-state index contributed by atoms with van der Waals surface area (Å²) in [6, 6.07) is 9.90.